The van der Waals surface area contributed by atoms with Crippen LogP contribution in [-0.4, -0.2) is 17.4 Å². The van der Waals surface area contributed by atoms with E-state index in [9.17, 15) is 0 Å². The van der Waals surface area contributed by atoms with Crippen molar-refractivity contribution in [2.24, 2.45) is 0 Å². The van der Waals surface area contributed by atoms with E-state index >= 15 is 0 Å². The van der Waals surface area contributed by atoms with Crippen LogP contribution in [0.3, 0.4) is 0 Å². The number of nitrogens with zero attached hydrogens (tertiary/aromatic N) is 2. The number of fused-ring (bicyclic) bond motifs is 1. The first-order valence-corrected chi connectivity index (χ1v) is 9.29. The normalized spacial score (nSPS) is 11.0. The highest BCUT2D eigenvalue weighted by Gasteiger charge is 2.13. The fourth-order valence-electron chi connectivity index (χ4n) is 3.55. The monoisotopic (exact) mass is 356 g/mol. The standard InChI is InChI=1S/C25H17BN2/c26-21-16-14-19(15-17-21)18-10-12-20(13-11-18)25-27-23-8-4-5-9-24(23)28(25)22-6-2-1-3-7-22/h1-17H. The van der Waals surface area contributed by atoms with E-state index in [4.69, 9.17) is 12.8 Å². The second-order valence-electron chi connectivity index (χ2n) is 6.79. The lowest BCUT2D eigenvalue weighted by Crippen LogP contribution is -1.99. The highest BCUT2D eigenvalue weighted by molar-refractivity contribution is 6.32. The third kappa shape index (κ3) is 2.91. The average Bonchev–Trinajstić information content (AvgIpc) is 3.15. The van der Waals surface area contributed by atoms with Gasteiger partial charge in [0.15, 0.2) is 0 Å². The quantitative estimate of drug-likeness (QED) is 0.409. The van der Waals surface area contributed by atoms with E-state index in [0.29, 0.717) is 0 Å². The van der Waals surface area contributed by atoms with Crippen molar-refractivity contribution in [2.75, 3.05) is 0 Å². The van der Waals surface area contributed by atoms with Crippen LogP contribution in [0.1, 0.15) is 0 Å². The van der Waals surface area contributed by atoms with Gasteiger partial charge in [0.05, 0.1) is 11.0 Å². The molecule has 0 fully saturated rings. The van der Waals surface area contributed by atoms with Crippen molar-refractivity contribution in [2.45, 2.75) is 0 Å². The number of imidazole rings is 1. The maximum Gasteiger partial charge on any atom is 0.145 e. The Morgan fingerprint density at radius 2 is 1.14 bits per heavy atom. The van der Waals surface area contributed by atoms with Gasteiger partial charge in [-0.05, 0) is 35.4 Å². The SMILES string of the molecule is [B]c1ccc(-c2ccc(-c3nc4ccccc4n3-c3ccccc3)cc2)cc1. The summed E-state index contributed by atoms with van der Waals surface area (Å²) in [6, 6.07) is 35.1. The summed E-state index contributed by atoms with van der Waals surface area (Å²) in [7, 11) is 5.80. The minimum atomic E-state index is 0.775. The summed E-state index contributed by atoms with van der Waals surface area (Å²) in [6.07, 6.45) is 0. The van der Waals surface area contributed by atoms with Crippen LogP contribution >= 0.6 is 0 Å². The zero-order chi connectivity index (χ0) is 18.9. The van der Waals surface area contributed by atoms with Crippen LogP contribution in [-0.2, 0) is 0 Å². The van der Waals surface area contributed by atoms with Gasteiger partial charge in [-0.2, -0.15) is 0 Å². The molecule has 0 saturated carbocycles. The Kier molecular flexibility index (Phi) is 4.06. The van der Waals surface area contributed by atoms with Gasteiger partial charge < -0.3 is 0 Å². The fourth-order valence-corrected chi connectivity index (χ4v) is 3.55. The minimum Gasteiger partial charge on any atom is -0.292 e. The molecule has 1 heterocycles. The molecule has 0 atom stereocenters. The van der Waals surface area contributed by atoms with E-state index in [-0.39, 0.29) is 0 Å². The molecule has 0 aliphatic heterocycles. The van der Waals surface area contributed by atoms with Gasteiger partial charge in [0.1, 0.15) is 13.7 Å². The molecule has 0 bridgehead atoms. The highest BCUT2D eigenvalue weighted by atomic mass is 15.1. The molecule has 2 radical (unpaired) electrons. The molecule has 0 N–H and O–H groups in total. The van der Waals surface area contributed by atoms with Gasteiger partial charge in [0.25, 0.3) is 0 Å². The molecule has 3 heteroatoms. The molecule has 1 aromatic heterocycles. The van der Waals surface area contributed by atoms with E-state index in [1.807, 2.05) is 36.4 Å². The topological polar surface area (TPSA) is 17.8 Å². The maximum absolute atomic E-state index is 5.80. The number of aromatic nitrogens is 2. The van der Waals surface area contributed by atoms with Crippen molar-refractivity contribution in [3.63, 3.8) is 0 Å². The average molecular weight is 356 g/mol. The zero-order valence-electron chi connectivity index (χ0n) is 15.3. The Morgan fingerprint density at radius 3 is 1.86 bits per heavy atom. The van der Waals surface area contributed by atoms with Crippen molar-refractivity contribution in [1.82, 2.24) is 9.55 Å². The van der Waals surface area contributed by atoms with Crippen molar-refractivity contribution >= 4 is 24.3 Å². The Hall–Kier alpha value is -3.59. The molecule has 0 unspecified atom stereocenters. The van der Waals surface area contributed by atoms with Gasteiger partial charge in [-0.3, -0.25) is 4.57 Å². The van der Waals surface area contributed by atoms with Crippen molar-refractivity contribution in [3.8, 4) is 28.2 Å². The summed E-state index contributed by atoms with van der Waals surface area (Å²) in [5.74, 6) is 0.941. The predicted octanol–water partition coefficient (Wildman–Crippen LogP) is 5.15. The molecule has 0 aliphatic rings. The van der Waals surface area contributed by atoms with Crippen LogP contribution in [0.4, 0.5) is 0 Å². The third-order valence-corrected chi connectivity index (χ3v) is 4.96. The summed E-state index contributed by atoms with van der Waals surface area (Å²) in [5.41, 5.74) is 7.36. The van der Waals surface area contributed by atoms with E-state index in [1.54, 1.807) is 0 Å². The second-order valence-corrected chi connectivity index (χ2v) is 6.79. The van der Waals surface area contributed by atoms with E-state index < -0.39 is 0 Å². The first-order valence-electron chi connectivity index (χ1n) is 9.29. The first kappa shape index (κ1) is 16.6. The molecule has 5 aromatic rings. The molecular formula is C25H17BN2. The van der Waals surface area contributed by atoms with Gasteiger partial charge in [0, 0.05) is 11.3 Å². The van der Waals surface area contributed by atoms with Crippen LogP contribution in [0.5, 0.6) is 0 Å². The number of para-hydroxylation sites is 3. The zero-order valence-corrected chi connectivity index (χ0v) is 15.3. The largest absolute Gasteiger partial charge is 0.292 e. The third-order valence-electron chi connectivity index (χ3n) is 4.96. The summed E-state index contributed by atoms with van der Waals surface area (Å²) in [4.78, 5) is 4.92. The van der Waals surface area contributed by atoms with Gasteiger partial charge in [-0.25, -0.2) is 4.98 Å². The van der Waals surface area contributed by atoms with Crippen LogP contribution in [0.25, 0.3) is 39.2 Å². The minimum absolute atomic E-state index is 0.775. The lowest BCUT2D eigenvalue weighted by molar-refractivity contribution is 1.10. The number of hydrogen-bond acceptors (Lipinski definition) is 1. The van der Waals surface area contributed by atoms with Crippen LogP contribution < -0.4 is 5.46 Å². The number of rotatable bonds is 3. The van der Waals surface area contributed by atoms with Crippen LogP contribution in [0.15, 0.2) is 103 Å². The Labute approximate surface area is 165 Å². The van der Waals surface area contributed by atoms with Gasteiger partial charge in [-0.15, -0.1) is 0 Å². The van der Waals surface area contributed by atoms with Crippen molar-refractivity contribution < 1.29 is 0 Å². The van der Waals surface area contributed by atoms with Crippen molar-refractivity contribution in [1.29, 1.82) is 0 Å². The summed E-state index contributed by atoms with van der Waals surface area (Å²) < 4.78 is 2.22. The summed E-state index contributed by atoms with van der Waals surface area (Å²) in [5, 5.41) is 0. The Balaban J connectivity index is 1.64. The van der Waals surface area contributed by atoms with Crippen LogP contribution in [0, 0.1) is 0 Å². The Morgan fingerprint density at radius 1 is 0.571 bits per heavy atom. The number of hydrogen-bond donors (Lipinski definition) is 0. The van der Waals surface area contributed by atoms with E-state index in [2.05, 4.69) is 71.3 Å². The van der Waals surface area contributed by atoms with Crippen molar-refractivity contribution in [3.05, 3.63) is 103 Å². The smallest absolute Gasteiger partial charge is 0.145 e. The van der Waals surface area contributed by atoms with Crippen LogP contribution in [0.2, 0.25) is 0 Å². The summed E-state index contributed by atoms with van der Waals surface area (Å²) >= 11 is 0. The molecule has 0 amide bonds. The second kappa shape index (κ2) is 6.86. The molecule has 28 heavy (non-hydrogen) atoms. The maximum atomic E-state index is 5.80. The summed E-state index contributed by atoms with van der Waals surface area (Å²) in [6.45, 7) is 0. The lowest BCUT2D eigenvalue weighted by atomic mass is 9.93. The molecular weight excluding hydrogens is 339 g/mol. The molecule has 130 valence electrons. The molecule has 2 nitrogen and oxygen atoms in total. The van der Waals surface area contributed by atoms with E-state index in [0.717, 1.165) is 44.7 Å². The molecule has 0 aliphatic carbocycles. The van der Waals surface area contributed by atoms with Gasteiger partial charge in [0.2, 0.25) is 0 Å². The Bertz CT molecular complexity index is 1240. The molecule has 0 spiro atoms. The molecule has 4 aromatic carbocycles. The number of benzene rings is 4. The van der Waals surface area contributed by atoms with Gasteiger partial charge in [-0.1, -0.05) is 84.3 Å². The molecule has 5 rings (SSSR count). The lowest BCUT2D eigenvalue weighted by Gasteiger charge is -2.10. The van der Waals surface area contributed by atoms with E-state index in [1.165, 1.54) is 0 Å². The molecule has 0 saturated heterocycles. The predicted molar refractivity (Wildman–Crippen MR) is 117 cm³/mol. The highest BCUT2D eigenvalue weighted by Crippen LogP contribution is 2.30. The first-order chi connectivity index (χ1) is 13.8. The van der Waals surface area contributed by atoms with Gasteiger partial charge >= 0.3 is 0 Å². The fraction of sp³-hybridized carbons (Fsp3) is 0.